The molecule has 1 aromatic heterocycles. The summed E-state index contributed by atoms with van der Waals surface area (Å²) in [5, 5.41) is 9.57. The van der Waals surface area contributed by atoms with Gasteiger partial charge in [-0.2, -0.15) is 13.2 Å². The SMILES string of the molecule is O=C(N1CC2(CC(c3nnc4n3-c3ccc(Cl)cc3CN(C3CS(=O)(=O)C3)C4)C2)C1)C1(C(F)(F)F)CC1. The van der Waals surface area contributed by atoms with E-state index in [4.69, 9.17) is 11.6 Å². The molecule has 2 aliphatic carbocycles. The van der Waals surface area contributed by atoms with Crippen LogP contribution in [0.3, 0.4) is 0 Å². The Morgan fingerprint density at radius 3 is 2.41 bits per heavy atom. The third-order valence-corrected chi connectivity index (χ3v) is 11.0. The maximum absolute atomic E-state index is 13.4. The lowest BCUT2D eigenvalue weighted by molar-refractivity contribution is -0.207. The van der Waals surface area contributed by atoms with Gasteiger partial charge in [0.1, 0.15) is 11.2 Å². The number of likely N-dealkylation sites (tertiary alicyclic amines) is 1. The van der Waals surface area contributed by atoms with E-state index in [1.54, 1.807) is 0 Å². The molecule has 0 unspecified atom stereocenters. The van der Waals surface area contributed by atoms with E-state index < -0.39 is 27.3 Å². The topological polar surface area (TPSA) is 88.4 Å². The number of alkyl halides is 3. The van der Waals surface area contributed by atoms with Crippen LogP contribution in [0.2, 0.25) is 5.02 Å². The lowest BCUT2D eigenvalue weighted by atomic mass is 9.57. The lowest BCUT2D eigenvalue weighted by Crippen LogP contribution is -2.65. The molecule has 0 atom stereocenters. The molecule has 2 aromatic rings. The van der Waals surface area contributed by atoms with Crippen LogP contribution in [0.25, 0.3) is 5.69 Å². The second-order valence-corrected chi connectivity index (χ2v) is 14.2. The van der Waals surface area contributed by atoms with Gasteiger partial charge in [-0.1, -0.05) is 11.6 Å². The Labute approximate surface area is 216 Å². The van der Waals surface area contributed by atoms with Crippen molar-refractivity contribution in [1.82, 2.24) is 24.6 Å². The first kappa shape index (κ1) is 23.9. The molecule has 0 bridgehead atoms. The summed E-state index contributed by atoms with van der Waals surface area (Å²) in [7, 11) is -2.99. The summed E-state index contributed by atoms with van der Waals surface area (Å²) >= 11 is 6.30. The van der Waals surface area contributed by atoms with Crippen molar-refractivity contribution in [3.8, 4) is 5.69 Å². The third kappa shape index (κ3) is 3.58. The van der Waals surface area contributed by atoms with Crippen molar-refractivity contribution in [2.45, 2.75) is 56.9 Å². The number of rotatable bonds is 3. The molecule has 13 heteroatoms. The maximum atomic E-state index is 13.4. The number of aromatic nitrogens is 3. The quantitative estimate of drug-likeness (QED) is 0.578. The first-order valence-electron chi connectivity index (χ1n) is 12.4. The number of carbonyl (C=O) groups is 1. The Balaban J connectivity index is 1.10. The smallest absolute Gasteiger partial charge is 0.341 e. The van der Waals surface area contributed by atoms with Gasteiger partial charge in [-0.3, -0.25) is 14.3 Å². The van der Waals surface area contributed by atoms with Crippen LogP contribution in [-0.4, -0.2) is 75.7 Å². The van der Waals surface area contributed by atoms with Crippen LogP contribution >= 0.6 is 11.6 Å². The van der Waals surface area contributed by atoms with E-state index in [1.165, 1.54) is 4.90 Å². The molecule has 4 fully saturated rings. The van der Waals surface area contributed by atoms with Gasteiger partial charge in [-0.25, -0.2) is 8.42 Å². The normalized spacial score (nSPS) is 25.9. The highest BCUT2D eigenvalue weighted by atomic mass is 35.5. The summed E-state index contributed by atoms with van der Waals surface area (Å²) < 4.78 is 65.8. The summed E-state index contributed by atoms with van der Waals surface area (Å²) in [5.74, 6) is 1.09. The lowest BCUT2D eigenvalue weighted by Gasteiger charge is -2.59. The van der Waals surface area contributed by atoms with Crippen molar-refractivity contribution in [1.29, 1.82) is 0 Å². The highest BCUT2D eigenvalue weighted by molar-refractivity contribution is 7.92. The van der Waals surface area contributed by atoms with E-state index in [9.17, 15) is 26.4 Å². The molecule has 198 valence electrons. The van der Waals surface area contributed by atoms with Crippen LogP contribution in [0.4, 0.5) is 13.2 Å². The fourth-order valence-electron chi connectivity index (χ4n) is 6.70. The van der Waals surface area contributed by atoms with Crippen molar-refractivity contribution >= 4 is 27.3 Å². The molecule has 1 amide bonds. The first-order chi connectivity index (χ1) is 17.4. The predicted molar refractivity (Wildman–Crippen MR) is 127 cm³/mol. The van der Waals surface area contributed by atoms with Gasteiger partial charge in [0.2, 0.25) is 5.91 Å². The van der Waals surface area contributed by atoms with E-state index in [-0.39, 0.29) is 41.7 Å². The van der Waals surface area contributed by atoms with Crippen molar-refractivity contribution in [2.24, 2.45) is 10.8 Å². The number of amides is 1. The van der Waals surface area contributed by atoms with Gasteiger partial charge in [-0.05, 0) is 49.4 Å². The molecular weight excluding hydrogens is 531 g/mol. The van der Waals surface area contributed by atoms with Crippen LogP contribution in [0.15, 0.2) is 18.2 Å². The number of halogens is 4. The number of nitrogens with zero attached hydrogens (tertiary/aromatic N) is 5. The molecular formula is C24H25ClF3N5O3S. The number of benzene rings is 1. The predicted octanol–water partition coefficient (Wildman–Crippen LogP) is 3.08. The van der Waals surface area contributed by atoms with Gasteiger partial charge in [0.25, 0.3) is 0 Å². The molecule has 3 aliphatic heterocycles. The van der Waals surface area contributed by atoms with Gasteiger partial charge in [0.15, 0.2) is 15.7 Å². The molecule has 5 aliphatic rings. The molecule has 2 saturated heterocycles. The zero-order valence-electron chi connectivity index (χ0n) is 19.8. The van der Waals surface area contributed by atoms with Crippen LogP contribution in [-0.2, 0) is 27.7 Å². The molecule has 8 nitrogen and oxygen atoms in total. The summed E-state index contributed by atoms with van der Waals surface area (Å²) in [6, 6.07) is 5.55. The standard InChI is InChI=1S/C24H25ClF3N5O3S/c25-16-1-2-18-14(5-16)8-31(17-10-37(35,36)11-17)9-19-29-30-20(33(18)19)15-6-22(7-15)12-32(13-22)21(34)23(3-4-23)24(26,27)28/h1-2,5,15,17H,3-4,6-13H2. The van der Waals surface area contributed by atoms with Gasteiger partial charge in [0.05, 0.1) is 23.7 Å². The van der Waals surface area contributed by atoms with Gasteiger partial charge >= 0.3 is 6.18 Å². The number of sulfone groups is 1. The molecule has 37 heavy (non-hydrogen) atoms. The van der Waals surface area contributed by atoms with Gasteiger partial charge in [0, 0.05) is 42.0 Å². The Hall–Kier alpha value is -2.18. The molecule has 1 aromatic carbocycles. The average molecular weight is 556 g/mol. The van der Waals surface area contributed by atoms with Crippen LogP contribution in [0.1, 0.15) is 48.8 Å². The summed E-state index contributed by atoms with van der Waals surface area (Å²) in [6.07, 6.45) is -3.23. The fraction of sp³-hybridized carbons (Fsp3) is 0.625. The number of carbonyl (C=O) groups excluding carboxylic acids is 1. The molecule has 2 saturated carbocycles. The monoisotopic (exact) mass is 555 g/mol. The van der Waals surface area contributed by atoms with E-state index in [1.807, 2.05) is 22.8 Å². The Morgan fingerprint density at radius 1 is 1.08 bits per heavy atom. The summed E-state index contributed by atoms with van der Waals surface area (Å²) in [6.45, 7) is 1.72. The van der Waals surface area contributed by atoms with Crippen molar-refractivity contribution in [3.05, 3.63) is 40.4 Å². The van der Waals surface area contributed by atoms with Crippen molar-refractivity contribution in [2.75, 3.05) is 24.6 Å². The Morgan fingerprint density at radius 2 is 1.78 bits per heavy atom. The maximum Gasteiger partial charge on any atom is 0.403 e. The van der Waals surface area contributed by atoms with Crippen molar-refractivity contribution < 1.29 is 26.4 Å². The zero-order chi connectivity index (χ0) is 26.0. The minimum absolute atomic E-state index is 0.0789. The second-order valence-electron chi connectivity index (χ2n) is 11.6. The second kappa shape index (κ2) is 7.47. The van der Waals surface area contributed by atoms with Gasteiger partial charge in [-0.15, -0.1) is 10.2 Å². The van der Waals surface area contributed by atoms with E-state index in [0.717, 1.165) is 35.7 Å². The van der Waals surface area contributed by atoms with Crippen LogP contribution < -0.4 is 0 Å². The minimum Gasteiger partial charge on any atom is -0.341 e. The van der Waals surface area contributed by atoms with E-state index in [2.05, 4.69) is 15.1 Å². The summed E-state index contributed by atoms with van der Waals surface area (Å²) in [4.78, 5) is 16.1. The molecule has 0 N–H and O–H groups in total. The largest absolute Gasteiger partial charge is 0.403 e. The zero-order valence-corrected chi connectivity index (χ0v) is 21.4. The van der Waals surface area contributed by atoms with Crippen LogP contribution in [0.5, 0.6) is 0 Å². The average Bonchev–Trinajstić information content (AvgIpc) is 3.49. The third-order valence-electron chi connectivity index (χ3n) is 8.93. The Bertz CT molecular complexity index is 1410. The number of hydrogen-bond donors (Lipinski definition) is 0. The first-order valence-corrected chi connectivity index (χ1v) is 14.6. The molecule has 0 radical (unpaired) electrons. The molecule has 1 spiro atoms. The van der Waals surface area contributed by atoms with Crippen LogP contribution in [0, 0.1) is 10.8 Å². The van der Waals surface area contributed by atoms with E-state index in [0.29, 0.717) is 31.2 Å². The highest BCUT2D eigenvalue weighted by Crippen LogP contribution is 2.62. The highest BCUT2D eigenvalue weighted by Gasteiger charge is 2.71. The fourth-order valence-corrected chi connectivity index (χ4v) is 8.39. The van der Waals surface area contributed by atoms with Crippen molar-refractivity contribution in [3.63, 3.8) is 0 Å². The summed E-state index contributed by atoms with van der Waals surface area (Å²) in [5.41, 5.74) is -0.434. The minimum atomic E-state index is -4.48. The Kier molecular flexibility index (Phi) is 4.83. The van der Waals surface area contributed by atoms with E-state index >= 15 is 0 Å². The molecule has 4 heterocycles. The number of hydrogen-bond acceptors (Lipinski definition) is 6. The van der Waals surface area contributed by atoms with Gasteiger partial charge < -0.3 is 4.90 Å². The molecule has 7 rings (SSSR count). The number of fused-ring (bicyclic) bond motifs is 3.